The first-order valence-electron chi connectivity index (χ1n) is 22.0. The lowest BCUT2D eigenvalue weighted by Gasteiger charge is -2.27. The lowest BCUT2D eigenvalue weighted by atomic mass is 9.77. The van der Waals surface area contributed by atoms with Crippen LogP contribution >= 0.6 is 0 Å². The van der Waals surface area contributed by atoms with Gasteiger partial charge in [-0.25, -0.2) is 0 Å². The zero-order valence-electron chi connectivity index (χ0n) is 37.0. The summed E-state index contributed by atoms with van der Waals surface area (Å²) in [5.74, 6) is -0.574. The summed E-state index contributed by atoms with van der Waals surface area (Å²) in [5.41, 5.74) is 3.61. The Balaban J connectivity index is 1.17. The van der Waals surface area contributed by atoms with E-state index in [1.54, 1.807) is 0 Å². The van der Waals surface area contributed by atoms with E-state index < -0.39 is 5.92 Å². The standard InChI is InChI=1S/C48H70O12/c1-47(2,3)36-33-38-44(46(54)60-45(38)39(34-36)48(4,5)6)35-23-25-37(26-24-35)55-31-32-59-43(53)22-14-10-18-30-58-42(52)21-13-9-17-29-57-41(51)20-12-8-16-28-56-40(50)19-11-7-15-27-49/h23-26,33-34,44,49H,7-22,27-32H2,1-6H3. The van der Waals surface area contributed by atoms with Crippen molar-refractivity contribution >= 4 is 29.8 Å². The molecule has 1 aliphatic heterocycles. The van der Waals surface area contributed by atoms with Crippen LogP contribution in [0.1, 0.15) is 172 Å². The van der Waals surface area contributed by atoms with Crippen molar-refractivity contribution in [2.24, 2.45) is 0 Å². The molecule has 0 aliphatic carbocycles. The molecule has 1 heterocycles. The molecule has 334 valence electrons. The summed E-state index contributed by atoms with van der Waals surface area (Å²) < 4.78 is 32.7. The quantitative estimate of drug-likeness (QED) is 0.0375. The highest BCUT2D eigenvalue weighted by Crippen LogP contribution is 2.47. The minimum Gasteiger partial charge on any atom is -0.490 e. The molecule has 1 atom stereocenters. The smallest absolute Gasteiger partial charge is 0.323 e. The van der Waals surface area contributed by atoms with Crippen LogP contribution in [0, 0.1) is 0 Å². The number of benzene rings is 2. The van der Waals surface area contributed by atoms with E-state index in [0.717, 1.165) is 54.4 Å². The Kier molecular flexibility index (Phi) is 21.6. The van der Waals surface area contributed by atoms with Crippen LogP contribution in [0.2, 0.25) is 0 Å². The highest BCUT2D eigenvalue weighted by atomic mass is 16.6. The molecule has 3 rings (SSSR count). The number of esters is 5. The number of hydrogen-bond acceptors (Lipinski definition) is 12. The van der Waals surface area contributed by atoms with E-state index in [1.165, 1.54) is 0 Å². The fourth-order valence-corrected chi connectivity index (χ4v) is 6.69. The van der Waals surface area contributed by atoms with Gasteiger partial charge in [0, 0.05) is 43.4 Å². The number of carbonyl (C=O) groups excluding carboxylic acids is 5. The summed E-state index contributed by atoms with van der Waals surface area (Å²) in [6.45, 7) is 14.3. The Morgan fingerprint density at radius 2 is 1.02 bits per heavy atom. The molecule has 60 heavy (non-hydrogen) atoms. The molecule has 0 saturated heterocycles. The van der Waals surface area contributed by atoms with Crippen molar-refractivity contribution < 1.29 is 57.5 Å². The largest absolute Gasteiger partial charge is 0.490 e. The van der Waals surface area contributed by atoms with E-state index in [1.807, 2.05) is 24.3 Å². The average Bonchev–Trinajstić information content (AvgIpc) is 3.53. The zero-order chi connectivity index (χ0) is 44.0. The maximum absolute atomic E-state index is 13.2. The monoisotopic (exact) mass is 838 g/mol. The highest BCUT2D eigenvalue weighted by Gasteiger charge is 2.39. The van der Waals surface area contributed by atoms with E-state index in [2.05, 4.69) is 53.7 Å². The number of hydrogen-bond donors (Lipinski definition) is 1. The molecule has 0 spiro atoms. The summed E-state index contributed by atoms with van der Waals surface area (Å²) in [6, 6.07) is 11.7. The molecular formula is C48H70O12. The maximum atomic E-state index is 13.2. The third-order valence-electron chi connectivity index (χ3n) is 10.3. The predicted octanol–water partition coefficient (Wildman–Crippen LogP) is 9.12. The summed E-state index contributed by atoms with van der Waals surface area (Å²) in [5, 5.41) is 8.75. The third kappa shape index (κ3) is 18.4. The van der Waals surface area contributed by atoms with Crippen LogP contribution in [0.5, 0.6) is 11.5 Å². The summed E-state index contributed by atoms with van der Waals surface area (Å²) >= 11 is 0. The minimum absolute atomic E-state index is 0.0946. The molecule has 1 unspecified atom stereocenters. The average molecular weight is 839 g/mol. The normalized spacial score (nSPS) is 13.7. The van der Waals surface area contributed by atoms with Crippen molar-refractivity contribution in [3.05, 3.63) is 58.7 Å². The van der Waals surface area contributed by atoms with E-state index in [9.17, 15) is 24.0 Å². The van der Waals surface area contributed by atoms with E-state index in [-0.39, 0.29) is 66.9 Å². The van der Waals surface area contributed by atoms with Gasteiger partial charge >= 0.3 is 29.8 Å². The molecule has 2 aromatic rings. The van der Waals surface area contributed by atoms with Crippen molar-refractivity contribution in [1.82, 2.24) is 0 Å². The lowest BCUT2D eigenvalue weighted by Crippen LogP contribution is -2.17. The molecule has 0 radical (unpaired) electrons. The molecular weight excluding hydrogens is 769 g/mol. The fourth-order valence-electron chi connectivity index (χ4n) is 6.69. The molecule has 0 fully saturated rings. The van der Waals surface area contributed by atoms with Crippen LogP contribution in [-0.2, 0) is 53.8 Å². The number of aliphatic hydroxyl groups is 1. The fraction of sp³-hybridized carbons (Fsp3) is 0.646. The first kappa shape index (κ1) is 49.9. The summed E-state index contributed by atoms with van der Waals surface area (Å²) in [6.07, 6.45) is 9.73. The number of unbranched alkanes of at least 4 members (excludes halogenated alkanes) is 8. The molecule has 1 N–H and O–H groups in total. The lowest BCUT2D eigenvalue weighted by molar-refractivity contribution is -0.146. The van der Waals surface area contributed by atoms with Crippen molar-refractivity contribution in [2.45, 2.75) is 161 Å². The van der Waals surface area contributed by atoms with Crippen LogP contribution in [0.3, 0.4) is 0 Å². The SMILES string of the molecule is CC(C)(C)c1cc2c(c(C(C)(C)C)c1)OC(=O)C2c1ccc(OCCOC(=O)CCCCCOC(=O)CCCCCOC(=O)CCCCCOC(=O)CCCCCO)cc1. The first-order chi connectivity index (χ1) is 28.6. The van der Waals surface area contributed by atoms with Crippen LogP contribution in [0.4, 0.5) is 0 Å². The van der Waals surface area contributed by atoms with Gasteiger partial charge in [0.2, 0.25) is 0 Å². The number of ether oxygens (including phenoxy) is 6. The van der Waals surface area contributed by atoms with Crippen LogP contribution in [0.25, 0.3) is 0 Å². The Bertz CT molecular complexity index is 1650. The molecule has 1 aliphatic rings. The topological polar surface area (TPSA) is 161 Å². The predicted molar refractivity (Wildman–Crippen MR) is 228 cm³/mol. The number of rotatable bonds is 28. The van der Waals surface area contributed by atoms with Crippen molar-refractivity contribution in [1.29, 1.82) is 0 Å². The van der Waals surface area contributed by atoms with Crippen molar-refractivity contribution in [3.63, 3.8) is 0 Å². The van der Waals surface area contributed by atoms with E-state index in [4.69, 9.17) is 33.5 Å². The second-order valence-corrected chi connectivity index (χ2v) is 17.6. The van der Waals surface area contributed by atoms with Crippen LogP contribution in [-0.4, -0.2) is 74.6 Å². The Hall–Kier alpha value is -4.45. The van der Waals surface area contributed by atoms with Crippen molar-refractivity contribution in [2.75, 3.05) is 39.6 Å². The molecule has 12 heteroatoms. The van der Waals surface area contributed by atoms with Gasteiger partial charge in [-0.15, -0.1) is 0 Å². The number of fused-ring (bicyclic) bond motifs is 1. The van der Waals surface area contributed by atoms with Gasteiger partial charge in [0.05, 0.1) is 19.8 Å². The van der Waals surface area contributed by atoms with Crippen LogP contribution < -0.4 is 9.47 Å². The second-order valence-electron chi connectivity index (χ2n) is 17.6. The summed E-state index contributed by atoms with van der Waals surface area (Å²) in [4.78, 5) is 61.0. The minimum atomic E-state index is -0.520. The van der Waals surface area contributed by atoms with Gasteiger partial charge in [0.1, 0.15) is 30.6 Å². The Labute approximate surface area is 357 Å². The van der Waals surface area contributed by atoms with E-state index in [0.29, 0.717) is 95.5 Å². The van der Waals surface area contributed by atoms with Crippen molar-refractivity contribution in [3.8, 4) is 11.5 Å². The Morgan fingerprint density at radius 3 is 1.45 bits per heavy atom. The first-order valence-corrected chi connectivity index (χ1v) is 22.0. The zero-order valence-corrected chi connectivity index (χ0v) is 37.0. The highest BCUT2D eigenvalue weighted by molar-refractivity contribution is 5.90. The molecule has 12 nitrogen and oxygen atoms in total. The third-order valence-corrected chi connectivity index (χ3v) is 10.3. The van der Waals surface area contributed by atoms with E-state index >= 15 is 0 Å². The molecule has 0 amide bonds. The second kappa shape index (κ2) is 26.0. The van der Waals surface area contributed by atoms with Crippen LogP contribution in [0.15, 0.2) is 36.4 Å². The van der Waals surface area contributed by atoms with Gasteiger partial charge in [-0.05, 0) is 105 Å². The maximum Gasteiger partial charge on any atom is 0.323 e. The molecule has 2 aromatic carbocycles. The number of aliphatic hydroxyl groups excluding tert-OH is 1. The molecule has 0 aromatic heterocycles. The van der Waals surface area contributed by atoms with Gasteiger partial charge in [0.15, 0.2) is 0 Å². The summed E-state index contributed by atoms with van der Waals surface area (Å²) in [7, 11) is 0. The van der Waals surface area contributed by atoms with Gasteiger partial charge in [-0.1, -0.05) is 72.2 Å². The van der Waals surface area contributed by atoms with Gasteiger partial charge in [-0.3, -0.25) is 24.0 Å². The van der Waals surface area contributed by atoms with Gasteiger partial charge < -0.3 is 33.5 Å². The van der Waals surface area contributed by atoms with Gasteiger partial charge in [-0.2, -0.15) is 0 Å². The Morgan fingerprint density at radius 1 is 0.567 bits per heavy atom. The molecule has 0 bridgehead atoms. The molecule has 0 saturated carbocycles. The van der Waals surface area contributed by atoms with Gasteiger partial charge in [0.25, 0.3) is 0 Å². The number of carbonyl (C=O) groups is 5.